The van der Waals surface area contributed by atoms with Crippen LogP contribution in [0.25, 0.3) is 0 Å². The highest BCUT2D eigenvalue weighted by atomic mass is 32.1. The molecule has 0 unspecified atom stereocenters. The lowest BCUT2D eigenvalue weighted by molar-refractivity contribution is 0.0889. The Morgan fingerprint density at radius 2 is 1.65 bits per heavy atom. The second kappa shape index (κ2) is 12.4. The molecule has 1 aliphatic carbocycles. The van der Waals surface area contributed by atoms with E-state index in [-0.39, 0.29) is 23.9 Å². The molecular weight excluding hydrogens is 482 g/mol. The molecule has 7 heteroatoms. The lowest BCUT2D eigenvalue weighted by atomic mass is 9.91. The highest BCUT2D eigenvalue weighted by Gasteiger charge is 2.25. The summed E-state index contributed by atoms with van der Waals surface area (Å²) in [4.78, 5) is 29.9. The second-order valence-electron chi connectivity index (χ2n) is 10.2. The molecule has 1 fully saturated rings. The largest absolute Gasteiger partial charge is 0.486 e. The van der Waals surface area contributed by atoms with Gasteiger partial charge < -0.3 is 15.4 Å². The number of nitrogens with zero attached hydrogens (tertiary/aromatic N) is 1. The molecule has 0 bridgehead atoms. The predicted octanol–water partition coefficient (Wildman–Crippen LogP) is 6.19. The summed E-state index contributed by atoms with van der Waals surface area (Å²) in [5.74, 6) is 1.06. The minimum absolute atomic E-state index is 0.0291. The van der Waals surface area contributed by atoms with Gasteiger partial charge in [-0.05, 0) is 79.8 Å². The molecule has 196 valence electrons. The Morgan fingerprint density at radius 3 is 2.27 bits per heavy atom. The number of aromatic nitrogens is 1. The molecule has 3 aromatic rings. The molecular formula is C30H37N3O3S. The number of nitrogens with one attached hydrogen (secondary N) is 2. The van der Waals surface area contributed by atoms with E-state index in [1.165, 1.54) is 22.5 Å². The van der Waals surface area contributed by atoms with Crippen molar-refractivity contribution in [2.24, 2.45) is 0 Å². The summed E-state index contributed by atoms with van der Waals surface area (Å²) in [6, 6.07) is 14.3. The van der Waals surface area contributed by atoms with E-state index in [4.69, 9.17) is 4.74 Å². The Morgan fingerprint density at radius 1 is 1.00 bits per heavy atom. The highest BCUT2D eigenvalue weighted by Crippen LogP contribution is 2.28. The van der Waals surface area contributed by atoms with E-state index in [0.717, 1.165) is 48.4 Å². The van der Waals surface area contributed by atoms with Crippen LogP contribution in [0.4, 0.5) is 0 Å². The zero-order valence-electron chi connectivity index (χ0n) is 22.2. The van der Waals surface area contributed by atoms with Gasteiger partial charge in [0.05, 0.1) is 0 Å². The number of carbonyl (C=O) groups excluding carboxylic acids is 2. The van der Waals surface area contributed by atoms with Crippen molar-refractivity contribution in [2.75, 3.05) is 0 Å². The smallest absolute Gasteiger partial charge is 0.270 e. The first kappa shape index (κ1) is 26.9. The zero-order chi connectivity index (χ0) is 26.4. The lowest BCUT2D eigenvalue weighted by Crippen LogP contribution is -2.43. The van der Waals surface area contributed by atoms with Crippen LogP contribution in [0.5, 0.6) is 5.75 Å². The number of hydrogen-bond donors (Lipinski definition) is 2. The SMILES string of the molecule is CCc1ccc(C(=O)NC2CCC(NC(=O)c3csc(COc4cc(C)ccc4C(C)C)n3)CC2)cc1. The van der Waals surface area contributed by atoms with Crippen molar-refractivity contribution < 1.29 is 14.3 Å². The fourth-order valence-corrected chi connectivity index (χ4v) is 5.35. The van der Waals surface area contributed by atoms with E-state index < -0.39 is 0 Å². The first-order valence-electron chi connectivity index (χ1n) is 13.2. The van der Waals surface area contributed by atoms with Crippen molar-refractivity contribution in [3.63, 3.8) is 0 Å². The van der Waals surface area contributed by atoms with Crippen LogP contribution in [0.2, 0.25) is 0 Å². The van der Waals surface area contributed by atoms with Crippen molar-refractivity contribution in [3.05, 3.63) is 80.8 Å². The molecule has 1 heterocycles. The third kappa shape index (κ3) is 7.19. The van der Waals surface area contributed by atoms with Gasteiger partial charge in [0.2, 0.25) is 0 Å². The average Bonchev–Trinajstić information content (AvgIpc) is 3.38. The monoisotopic (exact) mass is 519 g/mol. The van der Waals surface area contributed by atoms with E-state index in [9.17, 15) is 9.59 Å². The maximum atomic E-state index is 12.8. The fraction of sp³-hybridized carbons (Fsp3) is 0.433. The average molecular weight is 520 g/mol. The van der Waals surface area contributed by atoms with E-state index >= 15 is 0 Å². The molecule has 0 spiro atoms. The topological polar surface area (TPSA) is 80.3 Å². The lowest BCUT2D eigenvalue weighted by Gasteiger charge is -2.29. The summed E-state index contributed by atoms with van der Waals surface area (Å²) >= 11 is 1.44. The third-order valence-corrected chi connectivity index (χ3v) is 7.77. The Bertz CT molecular complexity index is 1210. The van der Waals surface area contributed by atoms with Gasteiger partial charge in [0.1, 0.15) is 23.1 Å². The van der Waals surface area contributed by atoms with Gasteiger partial charge in [-0.1, -0.05) is 45.0 Å². The van der Waals surface area contributed by atoms with E-state index in [1.807, 2.05) is 24.3 Å². The molecule has 0 saturated heterocycles. The van der Waals surface area contributed by atoms with Crippen LogP contribution < -0.4 is 15.4 Å². The summed E-state index contributed by atoms with van der Waals surface area (Å²) in [5, 5.41) is 8.84. The van der Waals surface area contributed by atoms with Crippen LogP contribution in [-0.4, -0.2) is 28.9 Å². The number of hydrogen-bond acceptors (Lipinski definition) is 5. The Hall–Kier alpha value is -3.19. The van der Waals surface area contributed by atoms with Crippen LogP contribution in [0.3, 0.4) is 0 Å². The van der Waals surface area contributed by atoms with Crippen molar-refractivity contribution >= 4 is 23.2 Å². The number of aryl methyl sites for hydroxylation is 2. The Kier molecular flexibility index (Phi) is 8.98. The molecule has 2 N–H and O–H groups in total. The van der Waals surface area contributed by atoms with Gasteiger partial charge in [0, 0.05) is 23.0 Å². The molecule has 6 nitrogen and oxygen atoms in total. The molecule has 0 radical (unpaired) electrons. The number of rotatable bonds is 9. The quantitative estimate of drug-likeness (QED) is 0.353. The maximum Gasteiger partial charge on any atom is 0.270 e. The summed E-state index contributed by atoms with van der Waals surface area (Å²) in [7, 11) is 0. The van der Waals surface area contributed by atoms with Gasteiger partial charge in [-0.3, -0.25) is 9.59 Å². The van der Waals surface area contributed by atoms with Crippen LogP contribution in [-0.2, 0) is 13.0 Å². The first-order valence-corrected chi connectivity index (χ1v) is 14.1. The summed E-state index contributed by atoms with van der Waals surface area (Å²) < 4.78 is 6.08. The molecule has 1 aromatic heterocycles. The fourth-order valence-electron chi connectivity index (χ4n) is 4.67. The molecule has 1 saturated carbocycles. The number of thiazole rings is 1. The zero-order valence-corrected chi connectivity index (χ0v) is 23.0. The van der Waals surface area contributed by atoms with Crippen molar-refractivity contribution in [2.45, 2.75) is 84.4 Å². The van der Waals surface area contributed by atoms with E-state index in [2.05, 4.69) is 61.5 Å². The van der Waals surface area contributed by atoms with Crippen molar-refractivity contribution in [3.8, 4) is 5.75 Å². The van der Waals surface area contributed by atoms with Gasteiger partial charge in [0.25, 0.3) is 11.8 Å². The molecule has 2 aromatic carbocycles. The molecule has 2 amide bonds. The van der Waals surface area contributed by atoms with Crippen LogP contribution >= 0.6 is 11.3 Å². The van der Waals surface area contributed by atoms with Crippen LogP contribution in [0.1, 0.15) is 94.9 Å². The summed E-state index contributed by atoms with van der Waals surface area (Å²) in [5.41, 5.74) is 4.67. The Labute approximate surface area is 223 Å². The number of carbonyl (C=O) groups is 2. The Balaban J connectivity index is 1.23. The first-order chi connectivity index (χ1) is 17.8. The van der Waals surface area contributed by atoms with E-state index in [1.54, 1.807) is 5.38 Å². The molecule has 0 aliphatic heterocycles. The number of benzene rings is 2. The van der Waals surface area contributed by atoms with Gasteiger partial charge in [-0.15, -0.1) is 11.3 Å². The standard InChI is InChI=1S/C30H37N3O3S/c1-5-21-7-9-22(10-8-21)29(34)31-23-11-13-24(14-12-23)32-30(35)26-18-37-28(33-26)17-36-27-16-20(4)6-15-25(27)19(2)3/h6-10,15-16,18-19,23-24H,5,11-14,17H2,1-4H3,(H,31,34)(H,32,35). The molecule has 37 heavy (non-hydrogen) atoms. The molecule has 4 rings (SSSR count). The second-order valence-corrected chi connectivity index (χ2v) is 11.1. The van der Waals surface area contributed by atoms with Crippen molar-refractivity contribution in [1.82, 2.24) is 15.6 Å². The van der Waals surface area contributed by atoms with E-state index in [0.29, 0.717) is 23.8 Å². The van der Waals surface area contributed by atoms with Gasteiger partial charge in [-0.2, -0.15) is 0 Å². The van der Waals surface area contributed by atoms with Crippen molar-refractivity contribution in [1.29, 1.82) is 0 Å². The van der Waals surface area contributed by atoms with Gasteiger partial charge in [0.15, 0.2) is 0 Å². The minimum atomic E-state index is -0.149. The molecule has 1 aliphatic rings. The highest BCUT2D eigenvalue weighted by molar-refractivity contribution is 7.09. The molecule has 0 atom stereocenters. The third-order valence-electron chi connectivity index (χ3n) is 6.95. The van der Waals surface area contributed by atoms with Gasteiger partial charge in [-0.25, -0.2) is 4.98 Å². The number of ether oxygens (including phenoxy) is 1. The van der Waals surface area contributed by atoms with Crippen LogP contribution in [0.15, 0.2) is 47.8 Å². The predicted molar refractivity (Wildman–Crippen MR) is 149 cm³/mol. The maximum absolute atomic E-state index is 12.8. The van der Waals surface area contributed by atoms with Gasteiger partial charge >= 0.3 is 0 Å². The minimum Gasteiger partial charge on any atom is -0.486 e. The normalized spacial score (nSPS) is 17.4. The number of amides is 2. The summed E-state index contributed by atoms with van der Waals surface area (Å²) in [6.45, 7) is 8.79. The summed E-state index contributed by atoms with van der Waals surface area (Å²) in [6.07, 6.45) is 4.30. The van der Waals surface area contributed by atoms with Crippen LogP contribution in [0, 0.1) is 6.92 Å².